The summed E-state index contributed by atoms with van der Waals surface area (Å²) in [5.41, 5.74) is 3.23. The Hall–Kier alpha value is 0.423. The van der Waals surface area contributed by atoms with Gasteiger partial charge in [0.2, 0.25) is 0 Å². The summed E-state index contributed by atoms with van der Waals surface area (Å²) in [6.45, 7) is 9.60. The predicted octanol–water partition coefficient (Wildman–Crippen LogP) is 3.93. The maximum Gasteiger partial charge on any atom is -1.00 e. The van der Waals surface area contributed by atoms with Crippen molar-refractivity contribution in [3.8, 4) is 0 Å². The van der Waals surface area contributed by atoms with Crippen molar-refractivity contribution < 1.29 is 48.0 Å². The number of hydrogen-bond donors (Lipinski definition) is 0. The Kier molecular flexibility index (Phi) is 17.2. The van der Waals surface area contributed by atoms with Crippen LogP contribution in [0, 0.1) is 0 Å². The zero-order valence-electron chi connectivity index (χ0n) is 20.6. The molecular formula is C28H46Cl2Zr. The second-order valence-electron chi connectivity index (χ2n) is 9.83. The summed E-state index contributed by atoms with van der Waals surface area (Å²) in [7, 11) is 0. The number of unbranched alkanes of at least 4 members (excludes halogenated alkanes) is 10. The average Bonchev–Trinajstić information content (AvgIpc) is 3.23. The third kappa shape index (κ3) is 12.5. The van der Waals surface area contributed by atoms with Crippen molar-refractivity contribution in [2.45, 2.75) is 124 Å². The van der Waals surface area contributed by atoms with E-state index in [1.807, 2.05) is 0 Å². The number of rotatable bonds is 16. The minimum absolute atomic E-state index is 0. The van der Waals surface area contributed by atoms with Gasteiger partial charge in [-0.3, -0.25) is 0 Å². The standard InChI is InChI=1S/2C14H23.2ClH.Zr/c2*1-3-4-5-6-7-8-9-14-11-10-13(2)12-14;;;/h2*10-12H,3-9H2,1-2H3;2*1H;/q;;;;+2/p-2. The Labute approximate surface area is 218 Å². The minimum Gasteiger partial charge on any atom is -1.00 e. The monoisotopic (exact) mass is 542 g/mol. The molecule has 0 nitrogen and oxygen atoms in total. The molecule has 0 radical (unpaired) electrons. The number of hydrogen-bond acceptors (Lipinski definition) is 0. The van der Waals surface area contributed by atoms with Gasteiger partial charge in [-0.2, -0.15) is 0 Å². The minimum atomic E-state index is -0.634. The first-order valence-electron chi connectivity index (χ1n) is 12.6. The van der Waals surface area contributed by atoms with E-state index < -0.39 is 23.2 Å². The molecule has 0 aromatic carbocycles. The fourth-order valence-electron chi connectivity index (χ4n) is 4.79. The Bertz CT molecular complexity index is 552. The van der Waals surface area contributed by atoms with Gasteiger partial charge in [-0.25, -0.2) is 0 Å². The molecule has 0 aliphatic heterocycles. The molecule has 31 heavy (non-hydrogen) atoms. The molecule has 0 aromatic heterocycles. The van der Waals surface area contributed by atoms with Crippen LogP contribution in [0.25, 0.3) is 0 Å². The summed E-state index contributed by atoms with van der Waals surface area (Å²) in [6, 6.07) is 0. The van der Waals surface area contributed by atoms with Crippen molar-refractivity contribution in [2.24, 2.45) is 0 Å². The van der Waals surface area contributed by atoms with E-state index in [9.17, 15) is 0 Å². The Morgan fingerprint density at radius 3 is 1.32 bits per heavy atom. The maximum atomic E-state index is 2.64. The van der Waals surface area contributed by atoms with E-state index in [1.165, 1.54) is 89.9 Å². The Balaban J connectivity index is 0.00000450. The summed E-state index contributed by atoms with van der Waals surface area (Å²) < 4.78 is 0.790. The normalized spacial score (nSPS) is 23.7. The first-order chi connectivity index (χ1) is 14.0. The SMILES string of the molecule is CCCCCCCCC1=C[C](C)([Zr+2][C]2(C)C=CC(CCCCCCCC)=C2)C=C1.[Cl-].[Cl-]. The van der Waals surface area contributed by atoms with Crippen LogP contribution in [-0.2, 0) is 23.2 Å². The average molecular weight is 545 g/mol. The van der Waals surface area contributed by atoms with Gasteiger partial charge in [-0.1, -0.05) is 0 Å². The van der Waals surface area contributed by atoms with Crippen molar-refractivity contribution in [1.29, 1.82) is 0 Å². The van der Waals surface area contributed by atoms with E-state index in [0.717, 1.165) is 0 Å². The molecular weight excluding hydrogens is 498 g/mol. The molecule has 0 spiro atoms. The fraction of sp³-hybridized carbons (Fsp3) is 0.714. The quantitative estimate of drug-likeness (QED) is 0.259. The van der Waals surface area contributed by atoms with Gasteiger partial charge in [-0.05, 0) is 0 Å². The molecule has 2 rings (SSSR count). The van der Waals surface area contributed by atoms with Crippen LogP contribution in [0.4, 0.5) is 0 Å². The predicted molar refractivity (Wildman–Crippen MR) is 127 cm³/mol. The van der Waals surface area contributed by atoms with Gasteiger partial charge in [-0.15, -0.1) is 0 Å². The van der Waals surface area contributed by atoms with Crippen molar-refractivity contribution in [1.82, 2.24) is 0 Å². The number of halogens is 2. The van der Waals surface area contributed by atoms with E-state index in [1.54, 1.807) is 11.1 Å². The molecule has 0 fully saturated rings. The molecule has 2 aliphatic carbocycles. The Morgan fingerprint density at radius 2 is 0.935 bits per heavy atom. The van der Waals surface area contributed by atoms with Gasteiger partial charge in [0, 0.05) is 0 Å². The van der Waals surface area contributed by atoms with Crippen LogP contribution >= 0.6 is 0 Å². The fourth-order valence-corrected chi connectivity index (χ4v) is 9.73. The van der Waals surface area contributed by atoms with E-state index in [0.29, 0.717) is 6.25 Å². The van der Waals surface area contributed by atoms with Crippen LogP contribution in [0.2, 0.25) is 6.25 Å². The maximum absolute atomic E-state index is 2.64. The van der Waals surface area contributed by atoms with Crippen LogP contribution < -0.4 is 24.8 Å². The third-order valence-electron chi connectivity index (χ3n) is 6.43. The Morgan fingerprint density at radius 1 is 0.581 bits per heavy atom. The second kappa shape index (κ2) is 16.9. The summed E-state index contributed by atoms with van der Waals surface area (Å²) in [6.07, 6.45) is 34.7. The smallest absolute Gasteiger partial charge is 1.00 e. The van der Waals surface area contributed by atoms with Crippen molar-refractivity contribution >= 4 is 0 Å². The topological polar surface area (TPSA) is 0 Å². The summed E-state index contributed by atoms with van der Waals surface area (Å²) >= 11 is -0.634. The zero-order valence-corrected chi connectivity index (χ0v) is 24.6. The van der Waals surface area contributed by atoms with Crippen molar-refractivity contribution in [3.63, 3.8) is 0 Å². The van der Waals surface area contributed by atoms with Crippen LogP contribution in [0.5, 0.6) is 0 Å². The van der Waals surface area contributed by atoms with E-state index >= 15 is 0 Å². The van der Waals surface area contributed by atoms with Crippen LogP contribution in [-0.4, -0.2) is 0 Å². The number of allylic oxidation sites excluding steroid dienone is 8. The van der Waals surface area contributed by atoms with Gasteiger partial charge < -0.3 is 24.8 Å². The van der Waals surface area contributed by atoms with E-state index in [2.05, 4.69) is 64.2 Å². The van der Waals surface area contributed by atoms with Gasteiger partial charge in [0.15, 0.2) is 0 Å². The molecule has 0 aromatic rings. The molecule has 0 N–H and O–H groups in total. The van der Waals surface area contributed by atoms with Crippen LogP contribution in [0.15, 0.2) is 47.6 Å². The third-order valence-corrected chi connectivity index (χ3v) is 10.6. The first kappa shape index (κ1) is 31.4. The van der Waals surface area contributed by atoms with E-state index in [4.69, 9.17) is 0 Å². The largest absolute Gasteiger partial charge is 1.00 e. The van der Waals surface area contributed by atoms with Gasteiger partial charge in [0.05, 0.1) is 0 Å². The van der Waals surface area contributed by atoms with Crippen LogP contribution in [0.3, 0.4) is 0 Å². The summed E-state index contributed by atoms with van der Waals surface area (Å²) in [4.78, 5) is 0. The molecule has 0 heterocycles. The first-order valence-corrected chi connectivity index (χ1v) is 15.1. The molecule has 2 atom stereocenters. The van der Waals surface area contributed by atoms with Crippen molar-refractivity contribution in [2.75, 3.05) is 0 Å². The van der Waals surface area contributed by atoms with Crippen molar-refractivity contribution in [3.05, 3.63) is 47.6 Å². The van der Waals surface area contributed by atoms with Gasteiger partial charge in [0.25, 0.3) is 0 Å². The molecule has 0 saturated heterocycles. The molecule has 2 unspecified atom stereocenters. The summed E-state index contributed by atoms with van der Waals surface area (Å²) in [5, 5.41) is 0. The molecule has 0 saturated carbocycles. The molecule has 3 heteroatoms. The van der Waals surface area contributed by atoms with E-state index in [-0.39, 0.29) is 24.8 Å². The molecule has 2 aliphatic rings. The molecule has 0 amide bonds. The zero-order chi connectivity index (χ0) is 21.0. The van der Waals surface area contributed by atoms with Crippen LogP contribution in [0.1, 0.15) is 118 Å². The molecule has 176 valence electrons. The molecule has 0 bridgehead atoms. The second-order valence-corrected chi connectivity index (χ2v) is 15.7. The van der Waals surface area contributed by atoms with Gasteiger partial charge in [0.1, 0.15) is 0 Å². The summed E-state index contributed by atoms with van der Waals surface area (Å²) in [5.74, 6) is 0. The van der Waals surface area contributed by atoms with Gasteiger partial charge >= 0.3 is 195 Å².